The summed E-state index contributed by atoms with van der Waals surface area (Å²) in [5.41, 5.74) is 0.936. The normalized spacial score (nSPS) is 15.8. The first-order chi connectivity index (χ1) is 9.99. The molecule has 1 aromatic carbocycles. The van der Waals surface area contributed by atoms with Crippen LogP contribution in [0, 0.1) is 0 Å². The van der Waals surface area contributed by atoms with E-state index in [0.717, 1.165) is 10.0 Å². The lowest BCUT2D eigenvalue weighted by molar-refractivity contribution is -0.133. The van der Waals surface area contributed by atoms with Gasteiger partial charge in [0, 0.05) is 17.6 Å². The zero-order valence-electron chi connectivity index (χ0n) is 11.8. The highest BCUT2D eigenvalue weighted by atomic mass is 79.9. The second kappa shape index (κ2) is 6.49. The van der Waals surface area contributed by atoms with Crippen LogP contribution in [0.1, 0.15) is 19.4 Å². The Kier molecular flexibility index (Phi) is 4.90. The summed E-state index contributed by atoms with van der Waals surface area (Å²) in [6.45, 7) is 4.56. The van der Waals surface area contributed by atoms with Crippen molar-refractivity contribution >= 4 is 51.2 Å². The van der Waals surface area contributed by atoms with Gasteiger partial charge in [-0.25, -0.2) is 0 Å². The number of benzene rings is 1. The Labute approximate surface area is 137 Å². The van der Waals surface area contributed by atoms with Gasteiger partial charge in [-0.15, -0.1) is 0 Å². The summed E-state index contributed by atoms with van der Waals surface area (Å²) in [6.07, 6.45) is 1.61. The number of hydrogen-bond acceptors (Lipinski definition) is 3. The molecule has 2 amide bonds. The molecule has 0 bridgehead atoms. The number of halogens is 1. The number of carbonyl (C=O) groups excluding carboxylic acids is 2. The molecule has 1 heterocycles. The fourth-order valence-corrected chi connectivity index (χ4v) is 2.99. The van der Waals surface area contributed by atoms with Crippen molar-refractivity contribution in [1.29, 1.82) is 0 Å². The second-order valence-electron chi connectivity index (χ2n) is 4.49. The van der Waals surface area contributed by atoms with Crippen molar-refractivity contribution in [3.8, 4) is 0 Å². The fraction of sp³-hybridized carbons (Fsp3) is 0.267. The Balaban J connectivity index is 2.47. The van der Waals surface area contributed by atoms with E-state index in [2.05, 4.69) is 15.9 Å². The third kappa shape index (κ3) is 3.06. The zero-order valence-corrected chi connectivity index (χ0v) is 14.2. The van der Waals surface area contributed by atoms with Crippen LogP contribution < -0.4 is 0 Å². The zero-order chi connectivity index (χ0) is 15.6. The Hall–Kier alpha value is -1.53. The predicted octanol–water partition coefficient (Wildman–Crippen LogP) is 2.83. The maximum atomic E-state index is 12.4. The first kappa shape index (κ1) is 15.9. The molecule has 6 heteroatoms. The summed E-state index contributed by atoms with van der Waals surface area (Å²) >= 11 is 8.59. The summed E-state index contributed by atoms with van der Waals surface area (Å²) in [7, 11) is 0. The molecule has 0 unspecified atom stereocenters. The molecule has 1 aliphatic rings. The van der Waals surface area contributed by atoms with E-state index in [1.54, 1.807) is 6.08 Å². The van der Waals surface area contributed by atoms with E-state index in [1.807, 2.05) is 38.1 Å². The molecule has 21 heavy (non-hydrogen) atoms. The van der Waals surface area contributed by atoms with Crippen LogP contribution in [-0.4, -0.2) is 39.8 Å². The van der Waals surface area contributed by atoms with Gasteiger partial charge in [0.25, 0.3) is 11.8 Å². The molecule has 4 nitrogen and oxygen atoms in total. The SMILES string of the molecule is CCN1C(=O)C(=Cc2cccc(Br)c2)C(=O)N(CC)C1=S. The summed E-state index contributed by atoms with van der Waals surface area (Å²) in [5.74, 6) is -0.672. The highest BCUT2D eigenvalue weighted by Gasteiger charge is 2.37. The quantitative estimate of drug-likeness (QED) is 0.469. The lowest BCUT2D eigenvalue weighted by Crippen LogP contribution is -2.55. The van der Waals surface area contributed by atoms with Gasteiger partial charge in [0.15, 0.2) is 5.11 Å². The molecule has 0 N–H and O–H groups in total. The molecular weight excluding hydrogens is 352 g/mol. The minimum Gasteiger partial charge on any atom is -0.285 e. The topological polar surface area (TPSA) is 40.6 Å². The highest BCUT2D eigenvalue weighted by Crippen LogP contribution is 2.21. The van der Waals surface area contributed by atoms with Gasteiger partial charge in [-0.05, 0) is 49.8 Å². The maximum Gasteiger partial charge on any atom is 0.265 e. The predicted molar refractivity (Wildman–Crippen MR) is 89.5 cm³/mol. The lowest BCUT2D eigenvalue weighted by Gasteiger charge is -2.35. The van der Waals surface area contributed by atoms with Crippen LogP contribution in [0.4, 0.5) is 0 Å². The third-order valence-electron chi connectivity index (χ3n) is 3.21. The summed E-state index contributed by atoms with van der Waals surface area (Å²) in [6, 6.07) is 7.44. The Morgan fingerprint density at radius 2 is 1.71 bits per heavy atom. The van der Waals surface area contributed by atoms with Gasteiger partial charge in [0.05, 0.1) is 0 Å². The van der Waals surface area contributed by atoms with Gasteiger partial charge in [0.1, 0.15) is 5.57 Å². The van der Waals surface area contributed by atoms with Gasteiger partial charge in [-0.1, -0.05) is 28.1 Å². The van der Waals surface area contributed by atoms with Gasteiger partial charge in [-0.2, -0.15) is 0 Å². The third-order valence-corrected chi connectivity index (χ3v) is 4.14. The van der Waals surface area contributed by atoms with E-state index in [-0.39, 0.29) is 22.5 Å². The lowest BCUT2D eigenvalue weighted by atomic mass is 10.1. The molecule has 0 radical (unpaired) electrons. The number of nitrogens with zero attached hydrogens (tertiary/aromatic N) is 2. The van der Waals surface area contributed by atoms with Gasteiger partial charge >= 0.3 is 0 Å². The van der Waals surface area contributed by atoms with Gasteiger partial charge in [0.2, 0.25) is 0 Å². The van der Waals surface area contributed by atoms with Crippen molar-refractivity contribution in [2.24, 2.45) is 0 Å². The molecule has 1 saturated heterocycles. The largest absolute Gasteiger partial charge is 0.285 e. The smallest absolute Gasteiger partial charge is 0.265 e. The van der Waals surface area contributed by atoms with Crippen molar-refractivity contribution < 1.29 is 9.59 Å². The number of hydrogen-bond donors (Lipinski definition) is 0. The molecule has 1 aromatic rings. The molecule has 0 spiro atoms. The number of likely N-dealkylation sites (N-methyl/N-ethyl adjacent to an activating group) is 2. The number of carbonyl (C=O) groups is 2. The fourth-order valence-electron chi connectivity index (χ4n) is 2.15. The van der Waals surface area contributed by atoms with Crippen LogP contribution in [0.3, 0.4) is 0 Å². The van der Waals surface area contributed by atoms with Crippen LogP contribution in [-0.2, 0) is 9.59 Å². The molecule has 0 aromatic heterocycles. The van der Waals surface area contributed by atoms with E-state index in [4.69, 9.17) is 12.2 Å². The average molecular weight is 367 g/mol. The highest BCUT2D eigenvalue weighted by molar-refractivity contribution is 9.10. The number of amides is 2. The average Bonchev–Trinajstić information content (AvgIpc) is 2.45. The maximum absolute atomic E-state index is 12.4. The van der Waals surface area contributed by atoms with E-state index in [0.29, 0.717) is 13.1 Å². The molecular formula is C15H15BrN2O2S. The van der Waals surface area contributed by atoms with Crippen LogP contribution >= 0.6 is 28.1 Å². The van der Waals surface area contributed by atoms with Crippen LogP contribution in [0.25, 0.3) is 6.08 Å². The van der Waals surface area contributed by atoms with Crippen LogP contribution in [0.5, 0.6) is 0 Å². The molecule has 0 atom stereocenters. The van der Waals surface area contributed by atoms with E-state index in [9.17, 15) is 9.59 Å². The number of rotatable bonds is 3. The van der Waals surface area contributed by atoms with Crippen LogP contribution in [0.2, 0.25) is 0 Å². The minimum absolute atomic E-state index is 0.144. The minimum atomic E-state index is -0.336. The molecule has 2 rings (SSSR count). The monoisotopic (exact) mass is 366 g/mol. The van der Waals surface area contributed by atoms with Gasteiger partial charge in [-0.3, -0.25) is 19.4 Å². The van der Waals surface area contributed by atoms with Crippen molar-refractivity contribution in [3.05, 3.63) is 39.9 Å². The van der Waals surface area contributed by atoms with Crippen molar-refractivity contribution in [1.82, 2.24) is 9.80 Å². The first-order valence-electron chi connectivity index (χ1n) is 6.64. The Morgan fingerprint density at radius 1 is 1.14 bits per heavy atom. The summed E-state index contributed by atoms with van der Waals surface area (Å²) in [5, 5.41) is 0.279. The van der Waals surface area contributed by atoms with E-state index < -0.39 is 0 Å². The Morgan fingerprint density at radius 3 is 2.19 bits per heavy atom. The first-order valence-corrected chi connectivity index (χ1v) is 7.84. The summed E-state index contributed by atoms with van der Waals surface area (Å²) < 4.78 is 0.891. The molecule has 0 aliphatic carbocycles. The molecule has 1 aliphatic heterocycles. The van der Waals surface area contributed by atoms with Crippen molar-refractivity contribution in [2.45, 2.75) is 13.8 Å². The van der Waals surface area contributed by atoms with Crippen molar-refractivity contribution in [3.63, 3.8) is 0 Å². The second-order valence-corrected chi connectivity index (χ2v) is 5.78. The van der Waals surface area contributed by atoms with E-state index in [1.165, 1.54) is 9.80 Å². The van der Waals surface area contributed by atoms with E-state index >= 15 is 0 Å². The van der Waals surface area contributed by atoms with Gasteiger partial charge < -0.3 is 0 Å². The standard InChI is InChI=1S/C15H15BrN2O2S/c1-3-17-13(19)12(14(20)18(4-2)15(17)21)9-10-6-5-7-11(16)8-10/h5-9H,3-4H2,1-2H3. The molecule has 1 fully saturated rings. The number of thiocarbonyl (C=S) groups is 1. The molecule has 0 saturated carbocycles. The Bertz CT molecular complexity index is 614. The van der Waals surface area contributed by atoms with Crippen molar-refractivity contribution in [2.75, 3.05) is 13.1 Å². The summed E-state index contributed by atoms with van der Waals surface area (Å²) in [4.78, 5) is 27.8. The molecule has 110 valence electrons. The van der Waals surface area contributed by atoms with Crippen LogP contribution in [0.15, 0.2) is 34.3 Å².